The predicted molar refractivity (Wildman–Crippen MR) is 110 cm³/mol. The minimum Gasteiger partial charge on any atom is -0.497 e. The quantitative estimate of drug-likeness (QED) is 0.636. The Kier molecular flexibility index (Phi) is 8.20. The van der Waals surface area contributed by atoms with Gasteiger partial charge < -0.3 is 24.4 Å². The number of carbonyl (C=O) groups is 2. The third-order valence-electron chi connectivity index (χ3n) is 4.06. The predicted octanol–water partition coefficient (Wildman–Crippen LogP) is 3.26. The van der Waals surface area contributed by atoms with Gasteiger partial charge in [-0.2, -0.15) is 5.90 Å². The molecule has 0 aromatic heterocycles. The Morgan fingerprint density at radius 1 is 1.03 bits per heavy atom. The van der Waals surface area contributed by atoms with Crippen LogP contribution in [-0.4, -0.2) is 30.8 Å². The highest BCUT2D eigenvalue weighted by molar-refractivity contribution is 5.82. The molecule has 0 heterocycles. The second-order valence-corrected chi connectivity index (χ2v) is 7.55. The van der Waals surface area contributed by atoms with Gasteiger partial charge in [-0.25, -0.2) is 9.59 Å². The number of carbonyl (C=O) groups excluding carboxylic acids is 2. The van der Waals surface area contributed by atoms with Crippen molar-refractivity contribution in [2.75, 3.05) is 7.11 Å². The van der Waals surface area contributed by atoms with E-state index < -0.39 is 29.8 Å². The van der Waals surface area contributed by atoms with Gasteiger partial charge in [-0.15, -0.1) is 0 Å². The van der Waals surface area contributed by atoms with Gasteiger partial charge in [-0.05, 0) is 44.0 Å². The molecule has 0 fully saturated rings. The van der Waals surface area contributed by atoms with E-state index in [9.17, 15) is 9.59 Å². The number of amides is 1. The lowest BCUT2D eigenvalue weighted by Gasteiger charge is -2.28. The fourth-order valence-corrected chi connectivity index (χ4v) is 2.70. The summed E-state index contributed by atoms with van der Waals surface area (Å²) in [7, 11) is 1.59. The number of alkyl carbamates (subject to hydrolysis) is 1. The monoisotopic (exact) mass is 416 g/mol. The SMILES string of the molecule is COc1ccc(CO[C@@H](c2ccccc2)[C@H](NC(=O)OC(C)(C)C)C(=O)ON)cc1. The first-order valence-corrected chi connectivity index (χ1v) is 9.43. The molecule has 3 N–H and O–H groups in total. The molecule has 2 aromatic carbocycles. The van der Waals surface area contributed by atoms with Crippen LogP contribution in [0.3, 0.4) is 0 Å². The maximum absolute atomic E-state index is 12.4. The van der Waals surface area contributed by atoms with Crippen LogP contribution in [0.5, 0.6) is 5.75 Å². The Hall–Kier alpha value is -3.10. The van der Waals surface area contributed by atoms with E-state index in [4.69, 9.17) is 20.1 Å². The Morgan fingerprint density at radius 3 is 2.20 bits per heavy atom. The van der Waals surface area contributed by atoms with Crippen molar-refractivity contribution >= 4 is 12.1 Å². The summed E-state index contributed by atoms with van der Waals surface area (Å²) in [5, 5.41) is 2.52. The van der Waals surface area contributed by atoms with Gasteiger partial charge in [0.05, 0.1) is 13.7 Å². The van der Waals surface area contributed by atoms with Gasteiger partial charge in [0.25, 0.3) is 0 Å². The van der Waals surface area contributed by atoms with Crippen LogP contribution in [0.4, 0.5) is 4.79 Å². The van der Waals surface area contributed by atoms with Gasteiger partial charge in [0.2, 0.25) is 0 Å². The summed E-state index contributed by atoms with van der Waals surface area (Å²) in [5.74, 6) is 4.98. The molecule has 0 spiro atoms. The first kappa shape index (κ1) is 23.2. The molecule has 8 heteroatoms. The molecule has 8 nitrogen and oxygen atoms in total. The molecule has 0 aliphatic heterocycles. The highest BCUT2D eigenvalue weighted by Crippen LogP contribution is 2.25. The number of hydrogen-bond donors (Lipinski definition) is 2. The molecular weight excluding hydrogens is 388 g/mol. The fraction of sp³-hybridized carbons (Fsp3) is 0.364. The van der Waals surface area contributed by atoms with Crippen molar-refractivity contribution in [1.29, 1.82) is 0 Å². The summed E-state index contributed by atoms with van der Waals surface area (Å²) >= 11 is 0. The van der Waals surface area contributed by atoms with Gasteiger partial charge in [0.1, 0.15) is 17.5 Å². The van der Waals surface area contributed by atoms with Crippen molar-refractivity contribution in [1.82, 2.24) is 5.32 Å². The average molecular weight is 416 g/mol. The van der Waals surface area contributed by atoms with Gasteiger partial charge in [0.15, 0.2) is 6.04 Å². The number of nitrogens with two attached hydrogens (primary N) is 1. The lowest BCUT2D eigenvalue weighted by Crippen LogP contribution is -2.48. The molecule has 0 aliphatic rings. The fourth-order valence-electron chi connectivity index (χ4n) is 2.70. The number of benzene rings is 2. The van der Waals surface area contributed by atoms with Crippen molar-refractivity contribution in [3.05, 3.63) is 65.7 Å². The van der Waals surface area contributed by atoms with Crippen molar-refractivity contribution in [2.45, 2.75) is 45.1 Å². The zero-order chi connectivity index (χ0) is 22.1. The van der Waals surface area contributed by atoms with Crippen LogP contribution in [0.1, 0.15) is 38.0 Å². The number of ether oxygens (including phenoxy) is 3. The molecule has 0 unspecified atom stereocenters. The van der Waals surface area contributed by atoms with Crippen LogP contribution in [0.25, 0.3) is 0 Å². The maximum Gasteiger partial charge on any atom is 0.408 e. The molecule has 0 saturated heterocycles. The topological polar surface area (TPSA) is 109 Å². The van der Waals surface area contributed by atoms with Gasteiger partial charge >= 0.3 is 12.1 Å². The molecule has 2 aromatic rings. The smallest absolute Gasteiger partial charge is 0.408 e. The highest BCUT2D eigenvalue weighted by atomic mass is 16.7. The summed E-state index contributed by atoms with van der Waals surface area (Å²) in [6.45, 7) is 5.33. The van der Waals surface area contributed by atoms with Crippen LogP contribution in [-0.2, 0) is 25.7 Å². The zero-order valence-electron chi connectivity index (χ0n) is 17.6. The summed E-state index contributed by atoms with van der Waals surface area (Å²) in [6, 6.07) is 15.1. The van der Waals surface area contributed by atoms with Crippen molar-refractivity contribution < 1.29 is 28.6 Å². The molecule has 162 valence electrons. The van der Waals surface area contributed by atoms with E-state index in [2.05, 4.69) is 10.2 Å². The molecule has 0 radical (unpaired) electrons. The summed E-state index contributed by atoms with van der Waals surface area (Å²) in [4.78, 5) is 29.1. The van der Waals surface area contributed by atoms with Gasteiger partial charge in [-0.3, -0.25) is 0 Å². The Morgan fingerprint density at radius 2 is 1.67 bits per heavy atom. The Balaban J connectivity index is 2.26. The van der Waals surface area contributed by atoms with E-state index >= 15 is 0 Å². The van der Waals surface area contributed by atoms with Crippen LogP contribution < -0.4 is 16.0 Å². The molecule has 30 heavy (non-hydrogen) atoms. The number of methoxy groups -OCH3 is 1. The van der Waals surface area contributed by atoms with E-state index in [-0.39, 0.29) is 6.61 Å². The minimum atomic E-state index is -1.22. The number of nitrogens with one attached hydrogen (secondary N) is 1. The molecule has 0 saturated carbocycles. The first-order valence-electron chi connectivity index (χ1n) is 9.43. The molecule has 2 rings (SSSR count). The summed E-state index contributed by atoms with van der Waals surface area (Å²) in [5.41, 5.74) is 0.777. The normalized spacial score (nSPS) is 13.1. The summed E-state index contributed by atoms with van der Waals surface area (Å²) < 4.78 is 16.5. The van der Waals surface area contributed by atoms with Crippen molar-refractivity contribution in [3.63, 3.8) is 0 Å². The third-order valence-corrected chi connectivity index (χ3v) is 4.06. The van der Waals surface area contributed by atoms with E-state index in [1.807, 2.05) is 18.2 Å². The van der Waals surface area contributed by atoms with Crippen LogP contribution in [0.15, 0.2) is 54.6 Å². The van der Waals surface area contributed by atoms with Gasteiger partial charge in [-0.1, -0.05) is 42.5 Å². The van der Waals surface area contributed by atoms with Crippen LogP contribution in [0, 0.1) is 0 Å². The van der Waals surface area contributed by atoms with E-state index in [0.717, 1.165) is 11.3 Å². The molecule has 0 bridgehead atoms. The second kappa shape index (κ2) is 10.6. The highest BCUT2D eigenvalue weighted by Gasteiger charge is 2.35. The van der Waals surface area contributed by atoms with Crippen LogP contribution in [0.2, 0.25) is 0 Å². The number of rotatable bonds is 8. The molecule has 0 aliphatic carbocycles. The Labute approximate surface area is 176 Å². The van der Waals surface area contributed by atoms with Crippen LogP contribution >= 0.6 is 0 Å². The zero-order valence-corrected chi connectivity index (χ0v) is 17.6. The lowest BCUT2D eigenvalue weighted by molar-refractivity contribution is -0.152. The maximum atomic E-state index is 12.4. The molecule has 1 amide bonds. The van der Waals surface area contributed by atoms with Crippen molar-refractivity contribution in [3.8, 4) is 5.75 Å². The minimum absolute atomic E-state index is 0.175. The van der Waals surface area contributed by atoms with E-state index in [1.165, 1.54) is 0 Å². The first-order chi connectivity index (χ1) is 14.2. The largest absolute Gasteiger partial charge is 0.497 e. The lowest BCUT2D eigenvalue weighted by atomic mass is 10.0. The second-order valence-electron chi connectivity index (χ2n) is 7.55. The molecular formula is C22H28N2O6. The van der Waals surface area contributed by atoms with E-state index in [1.54, 1.807) is 64.3 Å². The van der Waals surface area contributed by atoms with Gasteiger partial charge in [0, 0.05) is 0 Å². The number of hydrogen-bond acceptors (Lipinski definition) is 7. The summed E-state index contributed by atoms with van der Waals surface area (Å²) in [6.07, 6.45) is -1.65. The van der Waals surface area contributed by atoms with E-state index in [0.29, 0.717) is 5.56 Å². The average Bonchev–Trinajstić information content (AvgIpc) is 2.72. The standard InChI is InChI=1S/C22H28N2O6/c1-22(2,3)29-21(26)24-18(20(25)30-23)19(16-8-6-5-7-9-16)28-14-15-10-12-17(27-4)13-11-15/h5-13,18-19H,14,23H2,1-4H3,(H,24,26)/t18-,19-/m0/s1. The Bertz CT molecular complexity index is 818. The third kappa shape index (κ3) is 7.06. The van der Waals surface area contributed by atoms with Crippen molar-refractivity contribution in [2.24, 2.45) is 5.90 Å². The molecule has 2 atom stereocenters.